The molecule has 0 saturated carbocycles. The molecule has 0 amide bonds. The summed E-state index contributed by atoms with van der Waals surface area (Å²) in [7, 11) is 0. The smallest absolute Gasteiger partial charge is 0.161 e. The molecular weight excluding hydrogens is 509 g/mol. The molecule has 4 aromatic rings. The molecule has 4 aromatic carbocycles. The van der Waals surface area contributed by atoms with Gasteiger partial charge in [0, 0.05) is 3.57 Å². The van der Waals surface area contributed by atoms with Gasteiger partial charge in [-0.1, -0.05) is 54.6 Å². The van der Waals surface area contributed by atoms with E-state index in [1.165, 1.54) is 3.57 Å². The van der Waals surface area contributed by atoms with Crippen molar-refractivity contribution in [1.29, 1.82) is 5.26 Å². The largest absolute Gasteiger partial charge is 0.490 e. The first-order valence-corrected chi connectivity index (χ1v) is 11.5. The Hall–Kier alpha value is -3.30. The van der Waals surface area contributed by atoms with Crippen LogP contribution in [0.4, 0.5) is 0 Å². The van der Waals surface area contributed by atoms with Crippen LogP contribution in [0.3, 0.4) is 0 Å². The van der Waals surface area contributed by atoms with Gasteiger partial charge in [0.1, 0.15) is 6.61 Å². The first kappa shape index (κ1) is 21.9. The van der Waals surface area contributed by atoms with Crippen molar-refractivity contribution in [3.8, 4) is 17.6 Å². The minimum Gasteiger partial charge on any atom is -0.490 e. The van der Waals surface area contributed by atoms with Gasteiger partial charge in [-0.25, -0.2) is 0 Å². The van der Waals surface area contributed by atoms with Crippen LogP contribution in [0.5, 0.6) is 11.5 Å². The number of halogens is 1. The van der Waals surface area contributed by atoms with Crippen molar-refractivity contribution in [3.05, 3.63) is 105 Å². The van der Waals surface area contributed by atoms with Gasteiger partial charge in [0.2, 0.25) is 0 Å². The molecule has 3 nitrogen and oxygen atoms in total. The quantitative estimate of drug-likeness (QED) is 0.141. The van der Waals surface area contributed by atoms with Crippen LogP contribution in [0, 0.1) is 14.9 Å². The summed E-state index contributed by atoms with van der Waals surface area (Å²) in [4.78, 5) is 0. The van der Waals surface area contributed by atoms with Gasteiger partial charge in [0.25, 0.3) is 0 Å². The molecule has 0 spiro atoms. The third-order valence-corrected chi connectivity index (χ3v) is 5.79. The van der Waals surface area contributed by atoms with Gasteiger partial charge in [-0.3, -0.25) is 0 Å². The Bertz CT molecular complexity index is 1300. The zero-order valence-electron chi connectivity index (χ0n) is 17.7. The molecule has 0 radical (unpaired) electrons. The summed E-state index contributed by atoms with van der Waals surface area (Å²) < 4.78 is 13.0. The highest BCUT2D eigenvalue weighted by atomic mass is 127. The predicted molar refractivity (Wildman–Crippen MR) is 139 cm³/mol. The monoisotopic (exact) mass is 531 g/mol. The number of ether oxygens (including phenoxy) is 2. The van der Waals surface area contributed by atoms with Crippen molar-refractivity contribution in [3.63, 3.8) is 0 Å². The van der Waals surface area contributed by atoms with Gasteiger partial charge in [0.15, 0.2) is 11.5 Å². The molecule has 4 heteroatoms. The number of fused-ring (bicyclic) bond motifs is 1. The lowest BCUT2D eigenvalue weighted by Crippen LogP contribution is -2.00. The first-order valence-electron chi connectivity index (χ1n) is 10.4. The number of nitrogens with zero attached hydrogens (tertiary/aromatic N) is 1. The van der Waals surface area contributed by atoms with Gasteiger partial charge in [-0.05, 0) is 93.4 Å². The summed E-state index contributed by atoms with van der Waals surface area (Å²) in [5, 5.41) is 12.1. The van der Waals surface area contributed by atoms with E-state index >= 15 is 0 Å². The fraction of sp³-hybridized carbons (Fsp3) is 0.107. The number of benzene rings is 4. The maximum atomic E-state index is 9.80. The van der Waals surface area contributed by atoms with Crippen molar-refractivity contribution in [2.75, 3.05) is 6.61 Å². The number of hydrogen-bond acceptors (Lipinski definition) is 3. The van der Waals surface area contributed by atoms with E-state index in [0.717, 1.165) is 27.5 Å². The second kappa shape index (κ2) is 10.3. The molecule has 32 heavy (non-hydrogen) atoms. The van der Waals surface area contributed by atoms with Gasteiger partial charge >= 0.3 is 0 Å². The Balaban J connectivity index is 1.60. The molecule has 0 bridgehead atoms. The maximum Gasteiger partial charge on any atom is 0.161 e. The van der Waals surface area contributed by atoms with Crippen molar-refractivity contribution in [1.82, 2.24) is 0 Å². The van der Waals surface area contributed by atoms with Crippen LogP contribution in [-0.4, -0.2) is 6.61 Å². The molecule has 0 fully saturated rings. The molecule has 158 valence electrons. The van der Waals surface area contributed by atoms with Crippen LogP contribution < -0.4 is 9.47 Å². The van der Waals surface area contributed by atoms with Crippen molar-refractivity contribution >= 4 is 45.0 Å². The standard InChI is InChI=1S/C28H22INO2/c1-2-31-28-16-21(9-14-27(28)32-19-20-7-12-26(29)13-8-20)15-25(18-30)24-11-10-22-5-3-4-6-23(22)17-24/h3-17H,2,19H2,1H3/b25-15-. The molecule has 0 aliphatic heterocycles. The summed E-state index contributed by atoms with van der Waals surface area (Å²) in [5.41, 5.74) is 3.48. The van der Waals surface area contributed by atoms with E-state index in [4.69, 9.17) is 9.47 Å². The fourth-order valence-corrected chi connectivity index (χ4v) is 3.81. The zero-order valence-corrected chi connectivity index (χ0v) is 19.9. The SMILES string of the molecule is CCOc1cc(/C=C(/C#N)c2ccc3ccccc3c2)ccc1OCc1ccc(I)cc1. The van der Waals surface area contributed by atoms with E-state index in [2.05, 4.69) is 65.1 Å². The van der Waals surface area contributed by atoms with Crippen LogP contribution in [0.2, 0.25) is 0 Å². The molecule has 0 aromatic heterocycles. The van der Waals surface area contributed by atoms with Gasteiger partial charge in [-0.15, -0.1) is 0 Å². The average Bonchev–Trinajstić information content (AvgIpc) is 2.83. The third kappa shape index (κ3) is 5.30. The number of allylic oxidation sites excluding steroid dienone is 1. The second-order valence-corrected chi connectivity index (χ2v) is 8.53. The maximum absolute atomic E-state index is 9.80. The van der Waals surface area contributed by atoms with E-state index in [1.807, 2.05) is 61.5 Å². The van der Waals surface area contributed by atoms with Crippen LogP contribution in [-0.2, 0) is 6.61 Å². The molecule has 0 heterocycles. The molecular formula is C28H22INO2. The third-order valence-electron chi connectivity index (χ3n) is 5.07. The Morgan fingerprint density at radius 1 is 0.875 bits per heavy atom. The second-order valence-electron chi connectivity index (χ2n) is 7.29. The van der Waals surface area contributed by atoms with Crippen LogP contribution in [0.15, 0.2) is 84.9 Å². The molecule has 0 atom stereocenters. The summed E-state index contributed by atoms with van der Waals surface area (Å²) in [6.45, 7) is 2.94. The highest BCUT2D eigenvalue weighted by Crippen LogP contribution is 2.31. The first-order chi connectivity index (χ1) is 15.7. The number of nitriles is 1. The van der Waals surface area contributed by atoms with Crippen molar-refractivity contribution in [2.45, 2.75) is 13.5 Å². The molecule has 0 aliphatic rings. The minimum atomic E-state index is 0.465. The number of rotatable bonds is 7. The Morgan fingerprint density at radius 2 is 1.66 bits per heavy atom. The van der Waals surface area contributed by atoms with Gasteiger partial charge in [0.05, 0.1) is 18.2 Å². The van der Waals surface area contributed by atoms with Crippen LogP contribution in [0.1, 0.15) is 23.6 Å². The Labute approximate surface area is 202 Å². The normalized spacial score (nSPS) is 11.2. The highest BCUT2D eigenvalue weighted by Gasteiger charge is 2.09. The Kier molecular flexibility index (Phi) is 7.08. The summed E-state index contributed by atoms with van der Waals surface area (Å²) in [6.07, 6.45) is 1.88. The molecule has 0 unspecified atom stereocenters. The molecule has 4 rings (SSSR count). The van der Waals surface area contributed by atoms with Crippen molar-refractivity contribution in [2.24, 2.45) is 0 Å². The van der Waals surface area contributed by atoms with Gasteiger partial charge in [-0.2, -0.15) is 5.26 Å². The Morgan fingerprint density at radius 3 is 2.41 bits per heavy atom. The molecule has 0 N–H and O–H groups in total. The highest BCUT2D eigenvalue weighted by molar-refractivity contribution is 14.1. The molecule has 0 aliphatic carbocycles. The fourth-order valence-electron chi connectivity index (χ4n) is 3.45. The lowest BCUT2D eigenvalue weighted by atomic mass is 10.00. The molecule has 0 saturated heterocycles. The lowest BCUT2D eigenvalue weighted by molar-refractivity contribution is 0.269. The number of hydrogen-bond donors (Lipinski definition) is 0. The van der Waals surface area contributed by atoms with Crippen LogP contribution >= 0.6 is 22.6 Å². The predicted octanol–water partition coefficient (Wildman–Crippen LogP) is 7.49. The van der Waals surface area contributed by atoms with E-state index in [-0.39, 0.29) is 0 Å². The van der Waals surface area contributed by atoms with E-state index in [9.17, 15) is 5.26 Å². The van der Waals surface area contributed by atoms with E-state index in [1.54, 1.807) is 0 Å². The van der Waals surface area contributed by atoms with E-state index in [0.29, 0.717) is 30.3 Å². The van der Waals surface area contributed by atoms with Crippen LogP contribution in [0.25, 0.3) is 22.4 Å². The topological polar surface area (TPSA) is 42.2 Å². The lowest BCUT2D eigenvalue weighted by Gasteiger charge is -2.13. The summed E-state index contributed by atoms with van der Waals surface area (Å²) in [5.74, 6) is 1.36. The summed E-state index contributed by atoms with van der Waals surface area (Å²) >= 11 is 2.29. The van der Waals surface area contributed by atoms with Gasteiger partial charge < -0.3 is 9.47 Å². The zero-order chi connectivity index (χ0) is 22.3. The van der Waals surface area contributed by atoms with E-state index < -0.39 is 0 Å². The summed E-state index contributed by atoms with van der Waals surface area (Å²) in [6, 6.07) is 30.6. The minimum absolute atomic E-state index is 0.465. The average molecular weight is 531 g/mol. The van der Waals surface area contributed by atoms with Crippen molar-refractivity contribution < 1.29 is 9.47 Å².